The first-order chi connectivity index (χ1) is 10.3. The van der Waals surface area contributed by atoms with E-state index in [1.165, 1.54) is 4.90 Å². The molecule has 6 nitrogen and oxygen atoms in total. The van der Waals surface area contributed by atoms with Crippen molar-refractivity contribution in [2.24, 2.45) is 0 Å². The number of rotatable bonds is 5. The summed E-state index contributed by atoms with van der Waals surface area (Å²) < 4.78 is 2.64. The number of carbonyl (C=O) groups is 2. The number of amides is 1. The summed E-state index contributed by atoms with van der Waals surface area (Å²) in [7, 11) is 1.61. The van der Waals surface area contributed by atoms with Crippen molar-refractivity contribution in [2.45, 2.75) is 26.7 Å². The van der Waals surface area contributed by atoms with E-state index in [1.807, 2.05) is 26.1 Å². The molecule has 0 aromatic carbocycles. The second kappa shape index (κ2) is 6.48. The number of carboxylic acids is 1. The third-order valence-corrected chi connectivity index (χ3v) is 3.92. The average molecular weight is 368 g/mol. The monoisotopic (exact) mass is 367 g/mol. The Labute approximate surface area is 136 Å². The largest absolute Gasteiger partial charge is 0.481 e. The van der Waals surface area contributed by atoms with E-state index in [4.69, 9.17) is 5.11 Å². The SMILES string of the molecule is CCc1nc2c(C)cc(Br)cn2c1C(=O)N(C)CCC(=O)O. The summed E-state index contributed by atoms with van der Waals surface area (Å²) in [5.41, 5.74) is 2.93. The van der Waals surface area contributed by atoms with Gasteiger partial charge in [-0.1, -0.05) is 6.92 Å². The number of carbonyl (C=O) groups excluding carboxylic acids is 1. The maximum Gasteiger partial charge on any atom is 0.305 e. The Morgan fingerprint density at radius 1 is 1.45 bits per heavy atom. The van der Waals surface area contributed by atoms with Gasteiger partial charge in [0.1, 0.15) is 11.3 Å². The maximum atomic E-state index is 12.7. The minimum Gasteiger partial charge on any atom is -0.481 e. The molecule has 0 fully saturated rings. The zero-order chi connectivity index (χ0) is 16.4. The van der Waals surface area contributed by atoms with Gasteiger partial charge in [-0.15, -0.1) is 0 Å². The molecular formula is C15H18BrN3O3. The highest BCUT2D eigenvalue weighted by Gasteiger charge is 2.22. The van der Waals surface area contributed by atoms with E-state index in [-0.39, 0.29) is 18.9 Å². The van der Waals surface area contributed by atoms with E-state index in [2.05, 4.69) is 20.9 Å². The molecule has 1 amide bonds. The lowest BCUT2D eigenvalue weighted by Gasteiger charge is -2.16. The Hall–Kier alpha value is -1.89. The van der Waals surface area contributed by atoms with E-state index in [9.17, 15) is 9.59 Å². The van der Waals surface area contributed by atoms with Crippen LogP contribution in [0, 0.1) is 6.92 Å². The van der Waals surface area contributed by atoms with Gasteiger partial charge in [0, 0.05) is 24.3 Å². The molecule has 1 N–H and O–H groups in total. The normalized spacial score (nSPS) is 10.9. The van der Waals surface area contributed by atoms with Gasteiger partial charge in [0.05, 0.1) is 12.1 Å². The predicted molar refractivity (Wildman–Crippen MR) is 86.2 cm³/mol. The smallest absolute Gasteiger partial charge is 0.305 e. The van der Waals surface area contributed by atoms with E-state index in [1.54, 1.807) is 11.4 Å². The fourth-order valence-corrected chi connectivity index (χ4v) is 2.88. The molecule has 0 aliphatic heterocycles. The van der Waals surface area contributed by atoms with Crippen molar-refractivity contribution in [1.29, 1.82) is 0 Å². The fourth-order valence-electron chi connectivity index (χ4n) is 2.33. The number of halogens is 1. The summed E-state index contributed by atoms with van der Waals surface area (Å²) >= 11 is 3.43. The van der Waals surface area contributed by atoms with E-state index >= 15 is 0 Å². The Kier molecular flexibility index (Phi) is 4.85. The van der Waals surface area contributed by atoms with Crippen molar-refractivity contribution in [1.82, 2.24) is 14.3 Å². The zero-order valence-corrected chi connectivity index (χ0v) is 14.3. The van der Waals surface area contributed by atoms with Gasteiger partial charge in [0.15, 0.2) is 0 Å². The molecule has 0 saturated carbocycles. The van der Waals surface area contributed by atoms with Gasteiger partial charge < -0.3 is 10.0 Å². The van der Waals surface area contributed by atoms with Gasteiger partial charge >= 0.3 is 5.97 Å². The third kappa shape index (κ3) is 3.14. The summed E-state index contributed by atoms with van der Waals surface area (Å²) in [6.45, 7) is 4.05. The molecule has 0 saturated heterocycles. The number of hydrogen-bond acceptors (Lipinski definition) is 3. The number of aryl methyl sites for hydroxylation is 2. The first-order valence-electron chi connectivity index (χ1n) is 6.99. The van der Waals surface area contributed by atoms with Gasteiger partial charge in [0.25, 0.3) is 5.91 Å². The molecule has 2 aromatic heterocycles. The van der Waals surface area contributed by atoms with Crippen LogP contribution in [-0.4, -0.2) is 44.9 Å². The molecule has 118 valence electrons. The zero-order valence-electron chi connectivity index (χ0n) is 12.8. The van der Waals surface area contributed by atoms with Crippen LogP contribution in [0.15, 0.2) is 16.7 Å². The lowest BCUT2D eigenvalue weighted by atomic mass is 10.2. The first-order valence-corrected chi connectivity index (χ1v) is 7.78. The summed E-state index contributed by atoms with van der Waals surface area (Å²) in [5, 5.41) is 8.76. The molecule has 22 heavy (non-hydrogen) atoms. The van der Waals surface area contributed by atoms with Crippen LogP contribution in [0.25, 0.3) is 5.65 Å². The molecule has 0 radical (unpaired) electrons. The number of hydrogen-bond donors (Lipinski definition) is 1. The van der Waals surface area contributed by atoms with Crippen molar-refractivity contribution in [3.05, 3.63) is 33.7 Å². The minimum absolute atomic E-state index is 0.0802. The molecule has 2 rings (SSSR count). The number of carboxylic acid groups (broad SMARTS) is 1. The van der Waals surface area contributed by atoms with Crippen molar-refractivity contribution in [2.75, 3.05) is 13.6 Å². The topological polar surface area (TPSA) is 74.9 Å². The van der Waals surface area contributed by atoms with Crippen LogP contribution >= 0.6 is 15.9 Å². The summed E-state index contributed by atoms with van der Waals surface area (Å²) in [6, 6.07) is 1.95. The summed E-state index contributed by atoms with van der Waals surface area (Å²) in [5.74, 6) is -1.14. The molecule has 0 aliphatic rings. The van der Waals surface area contributed by atoms with Crippen LogP contribution in [-0.2, 0) is 11.2 Å². The third-order valence-electron chi connectivity index (χ3n) is 3.49. The fraction of sp³-hybridized carbons (Fsp3) is 0.400. The van der Waals surface area contributed by atoms with Crippen molar-refractivity contribution >= 4 is 33.5 Å². The Morgan fingerprint density at radius 3 is 2.73 bits per heavy atom. The molecule has 0 unspecified atom stereocenters. The quantitative estimate of drug-likeness (QED) is 0.880. The lowest BCUT2D eigenvalue weighted by molar-refractivity contribution is -0.137. The van der Waals surface area contributed by atoms with Gasteiger partial charge in [-0.3, -0.25) is 14.0 Å². The summed E-state index contributed by atoms with van der Waals surface area (Å²) in [6.07, 6.45) is 2.36. The van der Waals surface area contributed by atoms with Gasteiger partial charge in [-0.2, -0.15) is 0 Å². The highest BCUT2D eigenvalue weighted by Crippen LogP contribution is 2.22. The predicted octanol–water partition coefficient (Wildman–Crippen LogP) is 2.51. The molecule has 2 aromatic rings. The van der Waals surface area contributed by atoms with E-state index in [0.717, 1.165) is 15.7 Å². The summed E-state index contributed by atoms with van der Waals surface area (Å²) in [4.78, 5) is 29.3. The van der Waals surface area contributed by atoms with Crippen LogP contribution in [0.1, 0.15) is 35.1 Å². The van der Waals surface area contributed by atoms with E-state index in [0.29, 0.717) is 17.8 Å². The lowest BCUT2D eigenvalue weighted by Crippen LogP contribution is -2.30. The van der Waals surface area contributed by atoms with Crippen molar-refractivity contribution < 1.29 is 14.7 Å². The van der Waals surface area contributed by atoms with Crippen LogP contribution in [0.5, 0.6) is 0 Å². The molecule has 0 aliphatic carbocycles. The Bertz CT molecular complexity index is 739. The van der Waals surface area contributed by atoms with Crippen LogP contribution in [0.2, 0.25) is 0 Å². The van der Waals surface area contributed by atoms with Gasteiger partial charge in [-0.25, -0.2) is 4.98 Å². The Morgan fingerprint density at radius 2 is 2.14 bits per heavy atom. The highest BCUT2D eigenvalue weighted by molar-refractivity contribution is 9.10. The van der Waals surface area contributed by atoms with Crippen LogP contribution in [0.4, 0.5) is 0 Å². The minimum atomic E-state index is -0.924. The number of imidazole rings is 1. The number of aromatic nitrogens is 2. The average Bonchev–Trinajstić information content (AvgIpc) is 2.82. The standard InChI is InChI=1S/C15H18BrN3O3/c1-4-11-13(15(22)18(3)6-5-12(20)21)19-8-10(16)7-9(2)14(19)17-11/h7-8H,4-6H2,1-3H3,(H,20,21). The van der Waals surface area contributed by atoms with Crippen molar-refractivity contribution in [3.63, 3.8) is 0 Å². The molecule has 7 heteroatoms. The van der Waals surface area contributed by atoms with Crippen molar-refractivity contribution in [3.8, 4) is 0 Å². The van der Waals surface area contributed by atoms with Gasteiger partial charge in [-0.05, 0) is 40.9 Å². The molecule has 0 atom stereocenters. The second-order valence-corrected chi connectivity index (χ2v) is 6.08. The number of nitrogens with zero attached hydrogens (tertiary/aromatic N) is 3. The van der Waals surface area contributed by atoms with Crippen LogP contribution in [0.3, 0.4) is 0 Å². The van der Waals surface area contributed by atoms with Gasteiger partial charge in [0.2, 0.25) is 0 Å². The molecular weight excluding hydrogens is 350 g/mol. The maximum absolute atomic E-state index is 12.7. The first kappa shape index (κ1) is 16.5. The molecule has 0 spiro atoms. The molecule has 0 bridgehead atoms. The van der Waals surface area contributed by atoms with Crippen LogP contribution < -0.4 is 0 Å². The molecule has 2 heterocycles. The second-order valence-electron chi connectivity index (χ2n) is 5.17. The van der Waals surface area contributed by atoms with E-state index < -0.39 is 5.97 Å². The number of fused-ring (bicyclic) bond motifs is 1. The number of pyridine rings is 1. The Balaban J connectivity index is 2.49. The highest BCUT2D eigenvalue weighted by atomic mass is 79.9. The number of aliphatic carboxylic acids is 1.